The minimum atomic E-state index is -1.32. The molecule has 4 aromatic carbocycles. The van der Waals surface area contributed by atoms with Gasteiger partial charge in [0.25, 0.3) is 0 Å². The van der Waals surface area contributed by atoms with E-state index in [0.717, 1.165) is 0 Å². The van der Waals surface area contributed by atoms with E-state index < -0.39 is 29.9 Å². The fourth-order valence-electron chi connectivity index (χ4n) is 5.50. The number of ether oxygens (including phenoxy) is 4. The SMILES string of the molecule is COc1cc(CN=[N+]=[N-])c(-c2cc([C@H]3NC(=O)Cc4cccc(c4)Oc4ccc(cc4)C[C@@H](C(=O)O)NC3=O)ccc2OC)c(OC)c1. The smallest absolute Gasteiger partial charge is 0.326 e. The first kappa shape index (κ1) is 33.2. The second-order valence-corrected chi connectivity index (χ2v) is 10.9. The molecule has 2 aliphatic rings. The van der Waals surface area contributed by atoms with E-state index >= 15 is 0 Å². The van der Waals surface area contributed by atoms with Crippen molar-refractivity contribution in [3.63, 3.8) is 0 Å². The standard InChI is InChI=1S/C35H33N5O8/c1-45-26-16-23(19-37-40-36)32(30(18-26)47-3)27-17-22(9-12-29(27)46-2)33-34(42)38-28(35(43)44)14-20-7-10-24(11-8-20)48-25-6-4-5-21(13-25)15-31(41)39-33/h4-13,16-18,28,33H,14-15,19H2,1-3H3,(H,38,42)(H,39,41)(H,43,44)/t28-,33+/m0/s1. The molecule has 2 amide bonds. The monoisotopic (exact) mass is 651 g/mol. The molecule has 0 spiro atoms. The van der Waals surface area contributed by atoms with Gasteiger partial charge in [-0.2, -0.15) is 0 Å². The van der Waals surface area contributed by atoms with Crippen LogP contribution in [0.15, 0.2) is 84.0 Å². The summed E-state index contributed by atoms with van der Waals surface area (Å²) < 4.78 is 22.8. The molecule has 0 saturated carbocycles. The number of fused-ring (bicyclic) bond motifs is 9. The molecule has 2 atom stereocenters. The van der Waals surface area contributed by atoms with Crippen LogP contribution in [0.1, 0.15) is 28.3 Å². The second kappa shape index (κ2) is 14.9. The van der Waals surface area contributed by atoms with Gasteiger partial charge in [-0.15, -0.1) is 0 Å². The Morgan fingerprint density at radius 3 is 2.38 bits per heavy atom. The summed E-state index contributed by atoms with van der Waals surface area (Å²) >= 11 is 0. The number of benzene rings is 4. The fourth-order valence-corrected chi connectivity index (χ4v) is 5.50. The summed E-state index contributed by atoms with van der Waals surface area (Å²) in [6.45, 7) is -0.0581. The Labute approximate surface area is 276 Å². The molecular formula is C35H33N5O8. The molecule has 3 N–H and O–H groups in total. The first-order valence-corrected chi connectivity index (χ1v) is 14.8. The summed E-state index contributed by atoms with van der Waals surface area (Å²) in [6, 6.07) is 19.5. The molecule has 0 saturated heterocycles. The molecule has 13 nitrogen and oxygen atoms in total. The maximum absolute atomic E-state index is 14.0. The predicted molar refractivity (Wildman–Crippen MR) is 175 cm³/mol. The molecule has 0 aliphatic carbocycles. The van der Waals surface area contributed by atoms with Gasteiger partial charge >= 0.3 is 5.97 Å². The van der Waals surface area contributed by atoms with E-state index in [9.17, 15) is 19.5 Å². The first-order valence-electron chi connectivity index (χ1n) is 14.8. The molecule has 2 aliphatic heterocycles. The van der Waals surface area contributed by atoms with Crippen LogP contribution >= 0.6 is 0 Å². The number of nitrogens with one attached hydrogen (secondary N) is 2. The summed E-state index contributed by atoms with van der Waals surface area (Å²) in [5.74, 6) is -0.182. The van der Waals surface area contributed by atoms with Gasteiger partial charge in [0, 0.05) is 28.5 Å². The second-order valence-electron chi connectivity index (χ2n) is 10.9. The third-order valence-corrected chi connectivity index (χ3v) is 7.79. The quantitative estimate of drug-likeness (QED) is 0.127. The van der Waals surface area contributed by atoms with E-state index in [1.165, 1.54) is 21.3 Å². The maximum Gasteiger partial charge on any atom is 0.326 e. The Morgan fingerprint density at radius 1 is 0.917 bits per heavy atom. The van der Waals surface area contributed by atoms with Crippen molar-refractivity contribution in [2.24, 2.45) is 5.11 Å². The van der Waals surface area contributed by atoms with Gasteiger partial charge in [-0.1, -0.05) is 35.4 Å². The number of methoxy groups -OCH3 is 3. The van der Waals surface area contributed by atoms with Crippen LogP contribution in [0.5, 0.6) is 28.7 Å². The number of amides is 2. The van der Waals surface area contributed by atoms with Crippen molar-refractivity contribution in [2.45, 2.75) is 31.5 Å². The number of hydrogen-bond donors (Lipinski definition) is 3. The zero-order chi connectivity index (χ0) is 34.2. The van der Waals surface area contributed by atoms with Gasteiger partial charge in [0.15, 0.2) is 0 Å². The lowest BCUT2D eigenvalue weighted by molar-refractivity contribution is -0.142. The van der Waals surface area contributed by atoms with Crippen LogP contribution < -0.4 is 29.6 Å². The van der Waals surface area contributed by atoms with Gasteiger partial charge in [-0.3, -0.25) is 9.59 Å². The van der Waals surface area contributed by atoms with Crippen LogP contribution in [0.4, 0.5) is 0 Å². The molecule has 0 aromatic heterocycles. The van der Waals surface area contributed by atoms with Crippen LogP contribution in [-0.2, 0) is 33.8 Å². The Hall–Kier alpha value is -6.20. The van der Waals surface area contributed by atoms with Crippen LogP contribution in [0.25, 0.3) is 21.6 Å². The minimum absolute atomic E-state index is 0.0167. The highest BCUT2D eigenvalue weighted by atomic mass is 16.5. The van der Waals surface area contributed by atoms with E-state index in [4.69, 9.17) is 24.5 Å². The molecule has 48 heavy (non-hydrogen) atoms. The van der Waals surface area contributed by atoms with Crippen molar-refractivity contribution < 1.29 is 38.4 Å². The van der Waals surface area contributed by atoms with Gasteiger partial charge < -0.3 is 34.7 Å². The third kappa shape index (κ3) is 7.60. The molecule has 4 aromatic rings. The number of carbonyl (C=O) groups excluding carboxylic acids is 2. The zero-order valence-corrected chi connectivity index (χ0v) is 26.4. The van der Waals surface area contributed by atoms with Crippen molar-refractivity contribution in [1.29, 1.82) is 0 Å². The molecule has 2 heterocycles. The third-order valence-electron chi connectivity index (χ3n) is 7.79. The summed E-state index contributed by atoms with van der Waals surface area (Å²) in [6.07, 6.45) is -0.106. The molecular weight excluding hydrogens is 618 g/mol. The maximum atomic E-state index is 14.0. The van der Waals surface area contributed by atoms with E-state index in [1.54, 1.807) is 78.9 Å². The number of nitrogens with zero attached hydrogens (tertiary/aromatic N) is 3. The van der Waals surface area contributed by atoms with Gasteiger partial charge in [0.1, 0.15) is 40.8 Å². The average Bonchev–Trinajstić information content (AvgIpc) is 3.09. The molecule has 0 radical (unpaired) electrons. The molecule has 0 fully saturated rings. The Kier molecular flexibility index (Phi) is 10.3. The summed E-state index contributed by atoms with van der Waals surface area (Å²) in [4.78, 5) is 42.7. The summed E-state index contributed by atoms with van der Waals surface area (Å²) in [5, 5.41) is 19.2. The predicted octanol–water partition coefficient (Wildman–Crippen LogP) is 5.51. The number of aliphatic carboxylic acids is 1. The van der Waals surface area contributed by atoms with Crippen LogP contribution in [0.3, 0.4) is 0 Å². The number of carboxylic acid groups (broad SMARTS) is 1. The Balaban J connectivity index is 1.63. The molecule has 4 bridgehead atoms. The number of carboxylic acids is 1. The lowest BCUT2D eigenvalue weighted by Crippen LogP contribution is -2.48. The lowest BCUT2D eigenvalue weighted by Gasteiger charge is -2.24. The average molecular weight is 652 g/mol. The minimum Gasteiger partial charge on any atom is -0.497 e. The summed E-state index contributed by atoms with van der Waals surface area (Å²) in [5.41, 5.74) is 12.2. The summed E-state index contributed by atoms with van der Waals surface area (Å²) in [7, 11) is 4.44. The van der Waals surface area contributed by atoms with E-state index in [1.807, 2.05) is 0 Å². The fraction of sp³-hybridized carbons (Fsp3) is 0.229. The van der Waals surface area contributed by atoms with Crippen molar-refractivity contribution >= 4 is 17.8 Å². The van der Waals surface area contributed by atoms with Crippen molar-refractivity contribution in [2.75, 3.05) is 21.3 Å². The van der Waals surface area contributed by atoms with Crippen molar-refractivity contribution in [3.8, 4) is 39.9 Å². The number of rotatable bonds is 8. The van der Waals surface area contributed by atoms with Gasteiger partial charge in [0.2, 0.25) is 11.8 Å². The highest BCUT2D eigenvalue weighted by Gasteiger charge is 2.30. The number of carbonyl (C=O) groups is 3. The van der Waals surface area contributed by atoms with Crippen LogP contribution in [0, 0.1) is 0 Å². The van der Waals surface area contributed by atoms with E-state index in [2.05, 4.69) is 20.7 Å². The number of hydrogen-bond acceptors (Lipinski definition) is 8. The van der Waals surface area contributed by atoms with E-state index in [0.29, 0.717) is 62.1 Å². The highest BCUT2D eigenvalue weighted by Crippen LogP contribution is 2.43. The van der Waals surface area contributed by atoms with Crippen molar-refractivity contribution in [1.82, 2.24) is 10.6 Å². The lowest BCUT2D eigenvalue weighted by atomic mass is 9.93. The van der Waals surface area contributed by atoms with Gasteiger partial charge in [0.05, 0.1) is 34.3 Å². The molecule has 6 rings (SSSR count). The van der Waals surface area contributed by atoms with Gasteiger partial charge in [-0.25, -0.2) is 4.79 Å². The first-order chi connectivity index (χ1) is 23.2. The number of azide groups is 1. The Bertz CT molecular complexity index is 1890. The van der Waals surface area contributed by atoms with E-state index in [-0.39, 0.29) is 19.4 Å². The van der Waals surface area contributed by atoms with Crippen molar-refractivity contribution in [3.05, 3.63) is 112 Å². The zero-order valence-electron chi connectivity index (χ0n) is 26.4. The molecule has 13 heteroatoms. The topological polar surface area (TPSA) is 181 Å². The molecule has 246 valence electrons. The Morgan fingerprint density at radius 2 is 1.69 bits per heavy atom. The highest BCUT2D eigenvalue weighted by molar-refractivity contribution is 5.92. The van der Waals surface area contributed by atoms with Gasteiger partial charge in [-0.05, 0) is 70.2 Å². The molecule has 0 unspecified atom stereocenters. The normalized spacial score (nSPS) is 16.1. The van der Waals surface area contributed by atoms with Crippen LogP contribution in [-0.4, -0.2) is 50.3 Å². The largest absolute Gasteiger partial charge is 0.497 e. The van der Waals surface area contributed by atoms with Crippen LogP contribution in [0.2, 0.25) is 0 Å².